The van der Waals surface area contributed by atoms with Crippen molar-refractivity contribution in [1.82, 2.24) is 4.90 Å². The van der Waals surface area contributed by atoms with Crippen molar-refractivity contribution >= 4 is 29.1 Å². The highest BCUT2D eigenvalue weighted by molar-refractivity contribution is 6.42. The minimum atomic E-state index is -0.0741. The van der Waals surface area contributed by atoms with Gasteiger partial charge in [-0.25, -0.2) is 0 Å². The van der Waals surface area contributed by atoms with E-state index in [2.05, 4.69) is 0 Å². The molecule has 0 aliphatic carbocycles. The van der Waals surface area contributed by atoms with Gasteiger partial charge in [0.15, 0.2) is 11.5 Å². The van der Waals surface area contributed by atoms with Crippen molar-refractivity contribution < 1.29 is 19.0 Å². The summed E-state index contributed by atoms with van der Waals surface area (Å²) in [6.07, 6.45) is 0.789. The standard InChI is InChI=1S/C23H26Cl2NO4/c1-4-28-20-12-17(13-21(29-5-2)22(20)30-6-3)23(27)26-10-9-16(14-26)15-7-8-18(24)19(25)11-15/h7-8,11-13H,4-6,9-10,14H2,1-3H3. The van der Waals surface area contributed by atoms with E-state index in [9.17, 15) is 4.79 Å². The van der Waals surface area contributed by atoms with Gasteiger partial charge in [-0.15, -0.1) is 0 Å². The van der Waals surface area contributed by atoms with Gasteiger partial charge < -0.3 is 19.1 Å². The molecule has 0 spiro atoms. The topological polar surface area (TPSA) is 48.0 Å². The Balaban J connectivity index is 1.84. The molecule has 0 N–H and O–H groups in total. The first kappa shape index (κ1) is 22.6. The first-order valence-corrected chi connectivity index (χ1v) is 10.9. The third kappa shape index (κ3) is 4.96. The van der Waals surface area contributed by atoms with E-state index < -0.39 is 0 Å². The highest BCUT2D eigenvalue weighted by atomic mass is 35.5. The Bertz CT molecular complexity index is 876. The average molecular weight is 451 g/mol. The number of amides is 1. The van der Waals surface area contributed by atoms with Gasteiger partial charge in [0.1, 0.15) is 0 Å². The van der Waals surface area contributed by atoms with Crippen LogP contribution in [0.2, 0.25) is 10.0 Å². The predicted octanol–water partition coefficient (Wildman–Crippen LogP) is 5.66. The molecule has 1 heterocycles. The van der Waals surface area contributed by atoms with Crippen LogP contribution in [0.4, 0.5) is 0 Å². The second kappa shape index (κ2) is 10.3. The van der Waals surface area contributed by atoms with Crippen molar-refractivity contribution in [3.8, 4) is 17.2 Å². The van der Waals surface area contributed by atoms with E-state index in [4.69, 9.17) is 37.4 Å². The quantitative estimate of drug-likeness (QED) is 0.520. The van der Waals surface area contributed by atoms with E-state index in [-0.39, 0.29) is 5.91 Å². The molecule has 1 saturated heterocycles. The fourth-order valence-corrected chi connectivity index (χ4v) is 3.78. The molecule has 161 valence electrons. The number of hydrogen-bond donors (Lipinski definition) is 0. The fourth-order valence-electron chi connectivity index (χ4n) is 3.48. The first-order valence-electron chi connectivity index (χ1n) is 10.1. The molecule has 1 amide bonds. The Morgan fingerprint density at radius 2 is 1.57 bits per heavy atom. The molecule has 7 heteroatoms. The summed E-state index contributed by atoms with van der Waals surface area (Å²) in [6, 6.07) is 9.04. The molecule has 0 atom stereocenters. The lowest BCUT2D eigenvalue weighted by Crippen LogP contribution is -2.28. The molecular formula is C23H26Cl2NO4. The predicted molar refractivity (Wildman–Crippen MR) is 119 cm³/mol. The average Bonchev–Trinajstić information content (AvgIpc) is 3.22. The smallest absolute Gasteiger partial charge is 0.254 e. The summed E-state index contributed by atoms with van der Waals surface area (Å²) >= 11 is 12.2. The monoisotopic (exact) mass is 450 g/mol. The lowest BCUT2D eigenvalue weighted by molar-refractivity contribution is 0.0793. The first-order chi connectivity index (χ1) is 14.5. The molecule has 3 rings (SSSR count). The Morgan fingerprint density at radius 1 is 0.933 bits per heavy atom. The van der Waals surface area contributed by atoms with E-state index in [1.807, 2.05) is 37.8 Å². The van der Waals surface area contributed by atoms with Crippen LogP contribution in [0, 0.1) is 5.92 Å². The van der Waals surface area contributed by atoms with Crippen LogP contribution in [-0.2, 0) is 0 Å². The Kier molecular flexibility index (Phi) is 7.73. The summed E-state index contributed by atoms with van der Waals surface area (Å²) in [7, 11) is 0. The fraction of sp³-hybridized carbons (Fsp3) is 0.391. The second-order valence-electron chi connectivity index (χ2n) is 6.81. The summed E-state index contributed by atoms with van der Waals surface area (Å²) < 4.78 is 17.2. The van der Waals surface area contributed by atoms with Crippen molar-refractivity contribution in [2.24, 2.45) is 0 Å². The van der Waals surface area contributed by atoms with Gasteiger partial charge >= 0.3 is 0 Å². The van der Waals surface area contributed by atoms with Crippen LogP contribution in [-0.4, -0.2) is 43.7 Å². The molecule has 5 nitrogen and oxygen atoms in total. The third-order valence-corrected chi connectivity index (χ3v) is 5.58. The number of carbonyl (C=O) groups excluding carboxylic acids is 1. The largest absolute Gasteiger partial charge is 0.490 e. The number of likely N-dealkylation sites (tertiary alicyclic amines) is 1. The van der Waals surface area contributed by atoms with Crippen LogP contribution in [0.5, 0.6) is 17.2 Å². The number of carbonyl (C=O) groups is 1. The number of rotatable bonds is 8. The van der Waals surface area contributed by atoms with Crippen molar-refractivity contribution in [1.29, 1.82) is 0 Å². The minimum absolute atomic E-state index is 0.0741. The van der Waals surface area contributed by atoms with Crippen LogP contribution in [0.3, 0.4) is 0 Å². The van der Waals surface area contributed by atoms with Crippen molar-refractivity contribution in [2.45, 2.75) is 27.2 Å². The third-order valence-electron chi connectivity index (χ3n) is 4.84. The van der Waals surface area contributed by atoms with E-state index >= 15 is 0 Å². The van der Waals surface area contributed by atoms with Gasteiger partial charge in [-0.3, -0.25) is 4.79 Å². The molecule has 30 heavy (non-hydrogen) atoms. The van der Waals surface area contributed by atoms with Crippen LogP contribution >= 0.6 is 23.2 Å². The lowest BCUT2D eigenvalue weighted by Gasteiger charge is -2.20. The van der Waals surface area contributed by atoms with Crippen molar-refractivity contribution in [2.75, 3.05) is 32.9 Å². The lowest BCUT2D eigenvalue weighted by atomic mass is 9.99. The van der Waals surface area contributed by atoms with Crippen molar-refractivity contribution in [3.05, 3.63) is 57.4 Å². The molecular weight excluding hydrogens is 425 g/mol. The second-order valence-corrected chi connectivity index (χ2v) is 7.62. The zero-order chi connectivity index (χ0) is 21.7. The van der Waals surface area contributed by atoms with Gasteiger partial charge in [-0.1, -0.05) is 29.3 Å². The van der Waals surface area contributed by atoms with Crippen LogP contribution in [0.1, 0.15) is 43.1 Å². The molecule has 0 saturated carbocycles. The molecule has 0 aromatic heterocycles. The van der Waals surface area contributed by atoms with Crippen molar-refractivity contribution in [3.63, 3.8) is 0 Å². The molecule has 2 aromatic carbocycles. The Morgan fingerprint density at radius 3 is 2.13 bits per heavy atom. The molecule has 1 fully saturated rings. The van der Waals surface area contributed by atoms with E-state index in [1.54, 1.807) is 18.2 Å². The van der Waals surface area contributed by atoms with Crippen LogP contribution < -0.4 is 14.2 Å². The summed E-state index contributed by atoms with van der Waals surface area (Å²) in [5.41, 5.74) is 1.53. The molecule has 1 aliphatic rings. The number of ether oxygens (including phenoxy) is 3. The maximum absolute atomic E-state index is 13.2. The Labute approximate surface area is 187 Å². The van der Waals surface area contributed by atoms with Gasteiger partial charge in [0.05, 0.1) is 29.9 Å². The van der Waals surface area contributed by atoms with Gasteiger partial charge in [-0.05, 0) is 57.0 Å². The number of hydrogen-bond acceptors (Lipinski definition) is 4. The summed E-state index contributed by atoms with van der Waals surface area (Å²) in [4.78, 5) is 15.1. The van der Waals surface area contributed by atoms with E-state index in [1.165, 1.54) is 0 Å². The maximum atomic E-state index is 13.2. The number of nitrogens with zero attached hydrogens (tertiary/aromatic N) is 1. The van der Waals surface area contributed by atoms with E-state index in [0.29, 0.717) is 65.8 Å². The highest BCUT2D eigenvalue weighted by Gasteiger charge is 2.30. The number of halogens is 2. The summed E-state index contributed by atoms with van der Waals surface area (Å²) in [5, 5.41) is 1.04. The SMILES string of the molecule is CCOc1cc(C(=O)N2CC[C](c3ccc(Cl)c(Cl)c3)C2)cc(OCC)c1OCC. The van der Waals surface area contributed by atoms with Gasteiger partial charge in [0.2, 0.25) is 5.75 Å². The normalized spacial score (nSPS) is 14.1. The summed E-state index contributed by atoms with van der Waals surface area (Å²) in [5.74, 6) is 2.64. The van der Waals surface area contributed by atoms with Crippen LogP contribution in [0.15, 0.2) is 30.3 Å². The molecule has 2 aromatic rings. The highest BCUT2D eigenvalue weighted by Crippen LogP contribution is 2.40. The molecule has 0 unspecified atom stereocenters. The van der Waals surface area contributed by atoms with Gasteiger partial charge in [-0.2, -0.15) is 0 Å². The number of benzene rings is 2. The molecule has 0 bridgehead atoms. The summed E-state index contributed by atoms with van der Waals surface area (Å²) in [6.45, 7) is 8.25. The van der Waals surface area contributed by atoms with E-state index in [0.717, 1.165) is 17.9 Å². The molecule has 1 aliphatic heterocycles. The Hall–Kier alpha value is -2.11. The van der Waals surface area contributed by atoms with Gasteiger partial charge in [0.25, 0.3) is 5.91 Å². The zero-order valence-corrected chi connectivity index (χ0v) is 19.0. The molecule has 1 radical (unpaired) electrons. The minimum Gasteiger partial charge on any atom is -0.490 e. The van der Waals surface area contributed by atoms with Gasteiger partial charge in [0, 0.05) is 24.6 Å². The van der Waals surface area contributed by atoms with Crippen LogP contribution in [0.25, 0.3) is 0 Å². The zero-order valence-electron chi connectivity index (χ0n) is 17.5. The maximum Gasteiger partial charge on any atom is 0.254 e.